The molecule has 0 spiro atoms. The summed E-state index contributed by atoms with van der Waals surface area (Å²) in [5, 5.41) is 0. The van der Waals surface area contributed by atoms with E-state index < -0.39 is 0 Å². The number of nitrogens with zero attached hydrogens (tertiary/aromatic N) is 1. The van der Waals surface area contributed by atoms with Crippen LogP contribution < -0.4 is 0 Å². The summed E-state index contributed by atoms with van der Waals surface area (Å²) in [5.41, 5.74) is 0. The first-order valence-corrected chi connectivity index (χ1v) is 4.29. The van der Waals surface area contributed by atoms with Crippen molar-refractivity contribution in [3.05, 3.63) is 12.3 Å². The van der Waals surface area contributed by atoms with Gasteiger partial charge in [0.25, 0.3) is 0 Å². The molecule has 58 valence electrons. The Labute approximate surface area is 63.7 Å². The van der Waals surface area contributed by atoms with E-state index in [1.807, 2.05) is 0 Å². The topological polar surface area (TPSA) is 3.24 Å². The average molecular weight is 139 g/mol. The number of allylic oxidation sites excluding steroid dienone is 1. The van der Waals surface area contributed by atoms with Crippen LogP contribution in [0.25, 0.3) is 0 Å². The predicted octanol–water partition coefficient (Wildman–Crippen LogP) is 2.25. The van der Waals surface area contributed by atoms with Gasteiger partial charge in [0.05, 0.1) is 0 Å². The van der Waals surface area contributed by atoms with Gasteiger partial charge in [0, 0.05) is 13.1 Å². The van der Waals surface area contributed by atoms with Gasteiger partial charge in [0.1, 0.15) is 0 Å². The molecule has 0 bridgehead atoms. The van der Waals surface area contributed by atoms with E-state index in [-0.39, 0.29) is 0 Å². The van der Waals surface area contributed by atoms with Crippen molar-refractivity contribution in [2.45, 2.75) is 26.7 Å². The molecule has 1 unspecified atom stereocenters. The maximum atomic E-state index is 2.37. The van der Waals surface area contributed by atoms with E-state index in [1.54, 1.807) is 0 Å². The fourth-order valence-electron chi connectivity index (χ4n) is 1.35. The minimum Gasteiger partial charge on any atom is -0.378 e. The average Bonchev–Trinajstić information content (AvgIpc) is 2.05. The van der Waals surface area contributed by atoms with E-state index in [4.69, 9.17) is 0 Å². The second kappa shape index (κ2) is 3.65. The van der Waals surface area contributed by atoms with Crippen LogP contribution in [0.2, 0.25) is 0 Å². The molecular weight excluding hydrogens is 122 g/mol. The summed E-state index contributed by atoms with van der Waals surface area (Å²) < 4.78 is 0. The van der Waals surface area contributed by atoms with Gasteiger partial charge in [-0.3, -0.25) is 0 Å². The Morgan fingerprint density at radius 1 is 1.50 bits per heavy atom. The summed E-state index contributed by atoms with van der Waals surface area (Å²) in [6.07, 6.45) is 7.24. The Balaban J connectivity index is 2.36. The fourth-order valence-corrected chi connectivity index (χ4v) is 1.35. The zero-order valence-electron chi connectivity index (χ0n) is 7.01. The number of hydrogen-bond acceptors (Lipinski definition) is 1. The van der Waals surface area contributed by atoms with Crippen LogP contribution in [0.3, 0.4) is 0 Å². The highest BCUT2D eigenvalue weighted by Crippen LogP contribution is 2.15. The van der Waals surface area contributed by atoms with Crippen LogP contribution in [-0.2, 0) is 0 Å². The van der Waals surface area contributed by atoms with E-state index >= 15 is 0 Å². The Morgan fingerprint density at radius 2 is 2.30 bits per heavy atom. The largest absolute Gasteiger partial charge is 0.378 e. The summed E-state index contributed by atoms with van der Waals surface area (Å²) in [4.78, 5) is 2.37. The lowest BCUT2D eigenvalue weighted by Gasteiger charge is -2.25. The van der Waals surface area contributed by atoms with Crippen LogP contribution in [0.1, 0.15) is 26.7 Å². The third kappa shape index (κ3) is 1.76. The lowest BCUT2D eigenvalue weighted by atomic mass is 10.00. The Kier molecular flexibility index (Phi) is 2.79. The second-order valence-electron chi connectivity index (χ2n) is 2.93. The maximum absolute atomic E-state index is 2.37. The van der Waals surface area contributed by atoms with Gasteiger partial charge in [-0.1, -0.05) is 13.0 Å². The van der Waals surface area contributed by atoms with E-state index in [0.29, 0.717) is 0 Å². The van der Waals surface area contributed by atoms with Crippen molar-refractivity contribution in [2.24, 2.45) is 5.92 Å². The molecule has 0 radical (unpaired) electrons. The highest BCUT2D eigenvalue weighted by Gasteiger charge is 2.08. The zero-order chi connectivity index (χ0) is 7.40. The summed E-state index contributed by atoms with van der Waals surface area (Å²) in [5.74, 6) is 0.850. The first-order chi connectivity index (χ1) is 4.86. The number of rotatable bonds is 2. The summed E-state index contributed by atoms with van der Waals surface area (Å²) >= 11 is 0. The molecule has 0 N–H and O–H groups in total. The SMILES string of the molecule is CCC1C=CN(CC)CC1. The molecule has 1 atom stereocenters. The van der Waals surface area contributed by atoms with Crippen molar-refractivity contribution >= 4 is 0 Å². The molecule has 1 heterocycles. The highest BCUT2D eigenvalue weighted by atomic mass is 15.1. The van der Waals surface area contributed by atoms with E-state index in [2.05, 4.69) is 31.0 Å². The van der Waals surface area contributed by atoms with Crippen molar-refractivity contribution in [3.8, 4) is 0 Å². The summed E-state index contributed by atoms with van der Waals surface area (Å²) in [7, 11) is 0. The standard InChI is InChI=1S/C9H17N/c1-3-9-5-7-10(4-2)8-6-9/h5,7,9H,3-4,6,8H2,1-2H3. The molecule has 1 aliphatic rings. The van der Waals surface area contributed by atoms with Crippen LogP contribution in [0.15, 0.2) is 12.3 Å². The van der Waals surface area contributed by atoms with Gasteiger partial charge < -0.3 is 4.90 Å². The molecule has 1 nitrogen and oxygen atoms in total. The fraction of sp³-hybridized carbons (Fsp3) is 0.778. The van der Waals surface area contributed by atoms with Gasteiger partial charge in [0.2, 0.25) is 0 Å². The molecule has 0 aliphatic carbocycles. The van der Waals surface area contributed by atoms with Gasteiger partial charge in [0.15, 0.2) is 0 Å². The van der Waals surface area contributed by atoms with Gasteiger partial charge in [-0.25, -0.2) is 0 Å². The molecule has 1 aliphatic heterocycles. The van der Waals surface area contributed by atoms with Crippen LogP contribution in [-0.4, -0.2) is 18.0 Å². The Bertz CT molecular complexity index is 104. The van der Waals surface area contributed by atoms with Gasteiger partial charge >= 0.3 is 0 Å². The molecule has 1 rings (SSSR count). The van der Waals surface area contributed by atoms with E-state index in [1.165, 1.54) is 19.4 Å². The van der Waals surface area contributed by atoms with Crippen molar-refractivity contribution in [3.63, 3.8) is 0 Å². The lowest BCUT2D eigenvalue weighted by Crippen LogP contribution is -2.23. The van der Waals surface area contributed by atoms with E-state index in [0.717, 1.165) is 12.5 Å². The van der Waals surface area contributed by atoms with Crippen molar-refractivity contribution in [2.75, 3.05) is 13.1 Å². The quantitative estimate of drug-likeness (QED) is 0.567. The van der Waals surface area contributed by atoms with Crippen LogP contribution in [0.5, 0.6) is 0 Å². The number of hydrogen-bond donors (Lipinski definition) is 0. The lowest BCUT2D eigenvalue weighted by molar-refractivity contribution is 0.334. The maximum Gasteiger partial charge on any atom is 0.0177 e. The molecule has 0 fully saturated rings. The van der Waals surface area contributed by atoms with Crippen molar-refractivity contribution in [1.82, 2.24) is 4.90 Å². The molecule has 0 aromatic heterocycles. The Hall–Kier alpha value is -0.460. The van der Waals surface area contributed by atoms with E-state index in [9.17, 15) is 0 Å². The smallest absolute Gasteiger partial charge is 0.0177 e. The molecular formula is C9H17N. The van der Waals surface area contributed by atoms with Gasteiger partial charge in [-0.05, 0) is 31.9 Å². The third-order valence-corrected chi connectivity index (χ3v) is 2.29. The monoisotopic (exact) mass is 139 g/mol. The van der Waals surface area contributed by atoms with Crippen LogP contribution >= 0.6 is 0 Å². The van der Waals surface area contributed by atoms with Crippen LogP contribution in [0, 0.1) is 5.92 Å². The van der Waals surface area contributed by atoms with Gasteiger partial charge in [-0.15, -0.1) is 0 Å². The third-order valence-electron chi connectivity index (χ3n) is 2.29. The van der Waals surface area contributed by atoms with Gasteiger partial charge in [-0.2, -0.15) is 0 Å². The van der Waals surface area contributed by atoms with Crippen molar-refractivity contribution in [1.29, 1.82) is 0 Å². The molecule has 10 heavy (non-hydrogen) atoms. The Morgan fingerprint density at radius 3 is 2.70 bits per heavy atom. The minimum absolute atomic E-state index is 0.850. The summed E-state index contributed by atoms with van der Waals surface area (Å²) in [6, 6.07) is 0. The molecule has 0 amide bonds. The van der Waals surface area contributed by atoms with Crippen LogP contribution in [0.4, 0.5) is 0 Å². The van der Waals surface area contributed by atoms with Crippen molar-refractivity contribution < 1.29 is 0 Å². The first kappa shape index (κ1) is 7.64. The molecule has 0 saturated carbocycles. The summed E-state index contributed by atoms with van der Waals surface area (Å²) in [6.45, 7) is 6.88. The normalized spacial score (nSPS) is 25.4. The molecule has 0 aromatic carbocycles. The second-order valence-corrected chi connectivity index (χ2v) is 2.93. The molecule has 0 aromatic rings. The molecule has 0 saturated heterocycles. The minimum atomic E-state index is 0.850. The predicted molar refractivity (Wildman–Crippen MR) is 44.8 cm³/mol. The highest BCUT2D eigenvalue weighted by molar-refractivity contribution is 4.92. The zero-order valence-corrected chi connectivity index (χ0v) is 7.01. The first-order valence-electron chi connectivity index (χ1n) is 4.29. The molecule has 1 heteroatoms.